The molecule has 19 heavy (non-hydrogen) atoms. The highest BCUT2D eigenvalue weighted by Gasteiger charge is 2.39. The van der Waals surface area contributed by atoms with Crippen LogP contribution in [0.15, 0.2) is 28.2 Å². The van der Waals surface area contributed by atoms with E-state index in [1.807, 2.05) is 6.07 Å². The van der Waals surface area contributed by atoms with Crippen LogP contribution >= 0.6 is 27.3 Å². The maximum atomic E-state index is 12.4. The van der Waals surface area contributed by atoms with Crippen LogP contribution in [0, 0.1) is 0 Å². The summed E-state index contributed by atoms with van der Waals surface area (Å²) in [5, 5.41) is 5.02. The molecule has 1 atom stereocenters. The third kappa shape index (κ3) is 1.63. The molecule has 0 fully saturated rings. The maximum Gasteiger partial charge on any atom is 0.251 e. The summed E-state index contributed by atoms with van der Waals surface area (Å²) in [6.45, 7) is 0.841. The number of nitrogens with one attached hydrogen (secondary N) is 1. The second-order valence-corrected chi connectivity index (χ2v) is 6.58. The Morgan fingerprint density at radius 1 is 1.53 bits per heavy atom. The van der Waals surface area contributed by atoms with Crippen LogP contribution in [-0.2, 0) is 11.2 Å². The van der Waals surface area contributed by atoms with Gasteiger partial charge in [-0.1, -0.05) is 0 Å². The molecule has 2 aromatic rings. The molecule has 0 aromatic carbocycles. The van der Waals surface area contributed by atoms with Crippen LogP contribution in [0.5, 0.6) is 0 Å². The minimum Gasteiger partial charge on any atom is -0.339 e. The van der Waals surface area contributed by atoms with Crippen molar-refractivity contribution < 1.29 is 4.79 Å². The first kappa shape index (κ1) is 11.4. The van der Waals surface area contributed by atoms with Gasteiger partial charge in [-0.25, -0.2) is 4.98 Å². The molecule has 2 aliphatic rings. The third-order valence-corrected chi connectivity index (χ3v) is 5.01. The predicted molar refractivity (Wildman–Crippen MR) is 78.7 cm³/mol. The topological polar surface area (TPSA) is 45.2 Å². The van der Waals surface area contributed by atoms with Crippen LogP contribution in [0.4, 0.5) is 11.5 Å². The summed E-state index contributed by atoms with van der Waals surface area (Å²) in [7, 11) is 0. The van der Waals surface area contributed by atoms with Crippen molar-refractivity contribution in [2.24, 2.45) is 0 Å². The normalized spacial score (nSPS) is 20.4. The van der Waals surface area contributed by atoms with Crippen molar-refractivity contribution in [3.63, 3.8) is 0 Å². The van der Waals surface area contributed by atoms with E-state index in [1.165, 1.54) is 4.88 Å². The number of carbonyl (C=O) groups is 1. The molecule has 0 saturated heterocycles. The summed E-state index contributed by atoms with van der Waals surface area (Å²) in [6.07, 6.45) is 2.75. The second-order valence-electron chi connectivity index (χ2n) is 4.66. The molecule has 2 aliphatic heterocycles. The number of fused-ring (bicyclic) bond motifs is 5. The highest BCUT2D eigenvalue weighted by molar-refractivity contribution is 9.10. The van der Waals surface area contributed by atoms with Crippen molar-refractivity contribution in [3.05, 3.63) is 38.6 Å². The molecule has 0 saturated carbocycles. The number of anilines is 2. The van der Waals surface area contributed by atoms with Crippen molar-refractivity contribution in [2.75, 3.05) is 16.8 Å². The Morgan fingerprint density at radius 3 is 3.32 bits per heavy atom. The van der Waals surface area contributed by atoms with E-state index in [9.17, 15) is 4.79 Å². The zero-order valence-corrected chi connectivity index (χ0v) is 12.3. The number of thiophene rings is 1. The standard InChI is InChI=1S/C13H10BrN3OS/c14-7-5-9-12(15-6-7)17-3-1-10-8(2-4-19-10)11(17)13(18)16-9/h2,4-6,11H,1,3H2,(H,16,18). The quantitative estimate of drug-likeness (QED) is 0.805. The Hall–Kier alpha value is -1.40. The minimum atomic E-state index is -0.226. The van der Waals surface area contributed by atoms with Gasteiger partial charge in [0.25, 0.3) is 5.91 Å². The van der Waals surface area contributed by atoms with E-state index in [1.54, 1.807) is 17.5 Å². The number of amides is 1. The number of hydrogen-bond donors (Lipinski definition) is 1. The molecule has 4 rings (SSSR count). The molecule has 6 heteroatoms. The van der Waals surface area contributed by atoms with E-state index in [0.717, 1.165) is 34.5 Å². The Bertz CT molecular complexity index is 684. The minimum absolute atomic E-state index is 0.0340. The predicted octanol–water partition coefficient (Wildman–Crippen LogP) is 2.96. The second kappa shape index (κ2) is 4.05. The van der Waals surface area contributed by atoms with E-state index in [0.29, 0.717) is 0 Å². The van der Waals surface area contributed by atoms with Crippen LogP contribution < -0.4 is 10.2 Å². The summed E-state index contributed by atoms with van der Waals surface area (Å²) in [4.78, 5) is 20.3. The lowest BCUT2D eigenvalue weighted by molar-refractivity contribution is -0.117. The van der Waals surface area contributed by atoms with Crippen molar-refractivity contribution >= 4 is 44.7 Å². The SMILES string of the molecule is O=C1Nc2cc(Br)cnc2N2CCc3sccc3C12. The van der Waals surface area contributed by atoms with Crippen LogP contribution in [0.1, 0.15) is 16.5 Å². The molecule has 4 heterocycles. The highest BCUT2D eigenvalue weighted by Crippen LogP contribution is 2.42. The molecule has 0 aliphatic carbocycles. The Kier molecular flexibility index (Phi) is 2.43. The summed E-state index contributed by atoms with van der Waals surface area (Å²) in [5.74, 6) is 0.899. The number of pyridine rings is 1. The summed E-state index contributed by atoms with van der Waals surface area (Å²) >= 11 is 5.12. The number of aromatic nitrogens is 1. The fourth-order valence-electron chi connectivity index (χ4n) is 2.78. The number of halogens is 1. The summed E-state index contributed by atoms with van der Waals surface area (Å²) in [5.41, 5.74) is 1.92. The van der Waals surface area contributed by atoms with Gasteiger partial charge in [-0.05, 0) is 45.4 Å². The van der Waals surface area contributed by atoms with E-state index < -0.39 is 0 Å². The van der Waals surface area contributed by atoms with Crippen molar-refractivity contribution in [3.8, 4) is 0 Å². The lowest BCUT2D eigenvalue weighted by Gasteiger charge is -2.40. The maximum absolute atomic E-state index is 12.4. The van der Waals surface area contributed by atoms with Crippen molar-refractivity contribution in [1.29, 1.82) is 0 Å². The fourth-order valence-corrected chi connectivity index (χ4v) is 4.02. The van der Waals surface area contributed by atoms with Gasteiger partial charge in [0.05, 0.1) is 5.69 Å². The van der Waals surface area contributed by atoms with Crippen LogP contribution in [0.3, 0.4) is 0 Å². The van der Waals surface area contributed by atoms with Crippen LogP contribution in [0.2, 0.25) is 0 Å². The molecular weight excluding hydrogens is 326 g/mol. The van der Waals surface area contributed by atoms with Gasteiger partial charge in [-0.15, -0.1) is 11.3 Å². The van der Waals surface area contributed by atoms with Gasteiger partial charge in [-0.3, -0.25) is 4.79 Å². The molecule has 0 bridgehead atoms. The summed E-state index contributed by atoms with van der Waals surface area (Å²) < 4.78 is 0.873. The molecule has 1 amide bonds. The van der Waals surface area contributed by atoms with Crippen LogP contribution in [0.25, 0.3) is 0 Å². The molecular formula is C13H10BrN3OS. The zero-order chi connectivity index (χ0) is 13.0. The number of hydrogen-bond acceptors (Lipinski definition) is 4. The van der Waals surface area contributed by atoms with E-state index >= 15 is 0 Å². The van der Waals surface area contributed by atoms with E-state index in [-0.39, 0.29) is 11.9 Å². The Morgan fingerprint density at radius 2 is 2.42 bits per heavy atom. The average molecular weight is 336 g/mol. The molecule has 4 nitrogen and oxygen atoms in total. The number of nitrogens with zero attached hydrogens (tertiary/aromatic N) is 2. The zero-order valence-electron chi connectivity index (χ0n) is 9.89. The lowest BCUT2D eigenvalue weighted by Crippen LogP contribution is -2.45. The number of carbonyl (C=O) groups excluding carboxylic acids is 1. The summed E-state index contributed by atoms with van der Waals surface area (Å²) in [6, 6.07) is 3.73. The average Bonchev–Trinajstić information content (AvgIpc) is 2.86. The van der Waals surface area contributed by atoms with Gasteiger partial charge >= 0.3 is 0 Å². The van der Waals surface area contributed by atoms with Crippen LogP contribution in [-0.4, -0.2) is 17.4 Å². The third-order valence-electron chi connectivity index (χ3n) is 3.58. The smallest absolute Gasteiger partial charge is 0.251 e. The van der Waals surface area contributed by atoms with Crippen molar-refractivity contribution in [1.82, 2.24) is 4.98 Å². The Labute approximate surface area is 122 Å². The first-order valence-electron chi connectivity index (χ1n) is 6.03. The van der Waals surface area contributed by atoms with Gasteiger partial charge in [0, 0.05) is 22.1 Å². The largest absolute Gasteiger partial charge is 0.339 e. The first-order chi connectivity index (χ1) is 9.24. The van der Waals surface area contributed by atoms with E-state index in [4.69, 9.17) is 0 Å². The van der Waals surface area contributed by atoms with Gasteiger partial charge < -0.3 is 10.2 Å². The van der Waals surface area contributed by atoms with E-state index in [2.05, 4.69) is 42.6 Å². The van der Waals surface area contributed by atoms with Crippen molar-refractivity contribution in [2.45, 2.75) is 12.5 Å². The molecule has 0 spiro atoms. The Balaban J connectivity index is 1.88. The lowest BCUT2D eigenvalue weighted by atomic mass is 9.97. The van der Waals surface area contributed by atoms with Gasteiger partial charge in [-0.2, -0.15) is 0 Å². The first-order valence-corrected chi connectivity index (χ1v) is 7.70. The molecule has 0 radical (unpaired) electrons. The molecule has 96 valence electrons. The molecule has 1 unspecified atom stereocenters. The molecule has 1 N–H and O–H groups in total. The van der Waals surface area contributed by atoms with Gasteiger partial charge in [0.2, 0.25) is 0 Å². The molecule has 2 aromatic heterocycles. The number of rotatable bonds is 0. The van der Waals surface area contributed by atoms with Gasteiger partial charge in [0.1, 0.15) is 6.04 Å². The highest BCUT2D eigenvalue weighted by atomic mass is 79.9. The monoisotopic (exact) mass is 335 g/mol. The van der Waals surface area contributed by atoms with Gasteiger partial charge in [0.15, 0.2) is 5.82 Å². The fraction of sp³-hybridized carbons (Fsp3) is 0.231.